The smallest absolute Gasteiger partial charge is 0.240 e. The highest BCUT2D eigenvalue weighted by Gasteiger charge is 2.63. The number of benzene rings is 1. The quantitative estimate of drug-likeness (QED) is 0.827. The molecule has 0 amide bonds. The molecule has 1 aliphatic carbocycles. The molecule has 1 N–H and O–H groups in total. The standard InChI is InChI=1S/C14H17NO4S/c1-10-2-4-11(5-3-10)20(17,18)15-9-8-14-7-6-12(16)13(14)19-14/h2-5,13,15H,6-9H2,1H3. The number of epoxide rings is 1. The average Bonchev–Trinajstić information content (AvgIpc) is 3.04. The highest BCUT2D eigenvalue weighted by molar-refractivity contribution is 7.89. The first-order valence-electron chi connectivity index (χ1n) is 6.70. The van der Waals surface area contributed by atoms with Gasteiger partial charge in [-0.1, -0.05) is 17.7 Å². The molecule has 0 radical (unpaired) electrons. The molecule has 1 heterocycles. The summed E-state index contributed by atoms with van der Waals surface area (Å²) in [6.07, 6.45) is 1.53. The number of Topliss-reactive ketones (excluding diaryl/α,β-unsaturated/α-hetero) is 1. The Balaban J connectivity index is 1.58. The van der Waals surface area contributed by atoms with Crippen LogP contribution in [0.25, 0.3) is 0 Å². The maximum atomic E-state index is 12.1. The SMILES string of the molecule is Cc1ccc(S(=O)(=O)NCCC23CCC(=O)C2O3)cc1. The van der Waals surface area contributed by atoms with Gasteiger partial charge in [0.15, 0.2) is 5.78 Å². The molecule has 2 fully saturated rings. The van der Waals surface area contributed by atoms with Crippen LogP contribution in [0.2, 0.25) is 0 Å². The van der Waals surface area contributed by atoms with Gasteiger partial charge in [0, 0.05) is 13.0 Å². The number of sulfonamides is 1. The van der Waals surface area contributed by atoms with Crippen molar-refractivity contribution in [3.8, 4) is 0 Å². The van der Waals surface area contributed by atoms with E-state index in [0.29, 0.717) is 25.8 Å². The lowest BCUT2D eigenvalue weighted by molar-refractivity contribution is -0.120. The van der Waals surface area contributed by atoms with Crippen molar-refractivity contribution in [1.82, 2.24) is 4.72 Å². The lowest BCUT2D eigenvalue weighted by atomic mass is 10.0. The summed E-state index contributed by atoms with van der Waals surface area (Å²) < 4.78 is 32.1. The van der Waals surface area contributed by atoms with Gasteiger partial charge in [0.05, 0.1) is 4.90 Å². The summed E-state index contributed by atoms with van der Waals surface area (Å²) in [6.45, 7) is 2.20. The minimum absolute atomic E-state index is 0.145. The van der Waals surface area contributed by atoms with Crippen LogP contribution in [0.5, 0.6) is 0 Å². The maximum Gasteiger partial charge on any atom is 0.240 e. The van der Waals surface area contributed by atoms with Crippen molar-refractivity contribution in [2.75, 3.05) is 6.54 Å². The molecule has 2 atom stereocenters. The first kappa shape index (κ1) is 13.7. The van der Waals surface area contributed by atoms with Crippen LogP contribution in [-0.4, -0.2) is 32.5 Å². The largest absolute Gasteiger partial charge is 0.358 e. The predicted molar refractivity (Wildman–Crippen MR) is 72.8 cm³/mol. The normalized spacial score (nSPS) is 28.4. The zero-order valence-corrected chi connectivity index (χ0v) is 12.1. The van der Waals surface area contributed by atoms with Crippen molar-refractivity contribution in [3.63, 3.8) is 0 Å². The van der Waals surface area contributed by atoms with Gasteiger partial charge in [-0.15, -0.1) is 0 Å². The van der Waals surface area contributed by atoms with E-state index in [9.17, 15) is 13.2 Å². The van der Waals surface area contributed by atoms with Gasteiger partial charge >= 0.3 is 0 Å². The van der Waals surface area contributed by atoms with Gasteiger partial charge in [0.25, 0.3) is 0 Å². The predicted octanol–water partition coefficient (Wildman–Crippen LogP) is 1.16. The fourth-order valence-corrected chi connectivity index (χ4v) is 3.76. The molecule has 6 heteroatoms. The number of nitrogens with one attached hydrogen (secondary N) is 1. The Hall–Kier alpha value is -1.24. The van der Waals surface area contributed by atoms with Crippen LogP contribution in [0.1, 0.15) is 24.8 Å². The Bertz CT molecular complexity index is 638. The third-order valence-electron chi connectivity index (χ3n) is 4.03. The number of ether oxygens (including phenoxy) is 1. The zero-order chi connectivity index (χ0) is 14.4. The minimum Gasteiger partial charge on any atom is -0.358 e. The summed E-state index contributed by atoms with van der Waals surface area (Å²) in [5.41, 5.74) is 0.633. The maximum absolute atomic E-state index is 12.1. The van der Waals surface area contributed by atoms with Crippen LogP contribution in [-0.2, 0) is 19.6 Å². The van der Waals surface area contributed by atoms with E-state index in [1.807, 2.05) is 6.92 Å². The van der Waals surface area contributed by atoms with Crippen molar-refractivity contribution in [1.29, 1.82) is 0 Å². The van der Waals surface area contributed by atoms with Crippen LogP contribution >= 0.6 is 0 Å². The second-order valence-corrected chi connectivity index (χ2v) is 7.26. The summed E-state index contributed by atoms with van der Waals surface area (Å²) in [5, 5.41) is 0. The van der Waals surface area contributed by atoms with E-state index in [1.165, 1.54) is 0 Å². The molecular formula is C14H17NO4S. The molecule has 0 spiro atoms. The van der Waals surface area contributed by atoms with Gasteiger partial charge in [-0.25, -0.2) is 13.1 Å². The molecule has 0 bridgehead atoms. The molecule has 20 heavy (non-hydrogen) atoms. The molecule has 108 valence electrons. The van der Waals surface area contributed by atoms with Gasteiger partial charge < -0.3 is 4.74 Å². The molecular weight excluding hydrogens is 278 g/mol. The summed E-state index contributed by atoms with van der Waals surface area (Å²) in [4.78, 5) is 11.6. The molecule has 1 aromatic carbocycles. The van der Waals surface area contributed by atoms with Crippen LogP contribution in [0.15, 0.2) is 29.2 Å². The van der Waals surface area contributed by atoms with Crippen molar-refractivity contribution in [3.05, 3.63) is 29.8 Å². The highest BCUT2D eigenvalue weighted by Crippen LogP contribution is 2.49. The molecule has 1 saturated heterocycles. The highest BCUT2D eigenvalue weighted by atomic mass is 32.2. The number of ketones is 1. The van der Waals surface area contributed by atoms with Crippen molar-refractivity contribution < 1.29 is 17.9 Å². The molecule has 2 aliphatic rings. The Morgan fingerprint density at radius 2 is 2.05 bits per heavy atom. The molecule has 3 rings (SSSR count). The van der Waals surface area contributed by atoms with Crippen LogP contribution in [0.3, 0.4) is 0 Å². The summed E-state index contributed by atoms with van der Waals surface area (Å²) in [5.74, 6) is 0.145. The van der Waals surface area contributed by atoms with Gasteiger partial charge in [-0.3, -0.25) is 4.79 Å². The van der Waals surface area contributed by atoms with E-state index in [2.05, 4.69) is 4.72 Å². The van der Waals surface area contributed by atoms with Gasteiger partial charge in [0.2, 0.25) is 10.0 Å². The lowest BCUT2D eigenvalue weighted by Crippen LogP contribution is -2.28. The number of hydrogen-bond acceptors (Lipinski definition) is 4. The van der Waals surface area contributed by atoms with E-state index < -0.39 is 10.0 Å². The lowest BCUT2D eigenvalue weighted by Gasteiger charge is -2.10. The topological polar surface area (TPSA) is 75.8 Å². The van der Waals surface area contributed by atoms with Crippen molar-refractivity contribution in [2.45, 2.75) is 42.8 Å². The fourth-order valence-electron chi connectivity index (χ4n) is 2.73. The Morgan fingerprint density at radius 1 is 1.35 bits per heavy atom. The van der Waals surface area contributed by atoms with Crippen molar-refractivity contribution in [2.24, 2.45) is 0 Å². The van der Waals surface area contributed by atoms with Crippen LogP contribution in [0.4, 0.5) is 0 Å². The van der Waals surface area contributed by atoms with E-state index in [4.69, 9.17) is 4.74 Å². The Kier molecular flexibility index (Phi) is 3.19. The summed E-state index contributed by atoms with van der Waals surface area (Å²) >= 11 is 0. The van der Waals surface area contributed by atoms with Crippen LogP contribution < -0.4 is 4.72 Å². The van der Waals surface area contributed by atoms with Gasteiger partial charge in [0.1, 0.15) is 11.7 Å². The third kappa shape index (κ3) is 2.39. The fraction of sp³-hybridized carbons (Fsp3) is 0.500. The Morgan fingerprint density at radius 3 is 2.60 bits per heavy atom. The molecule has 1 aromatic rings. The summed E-state index contributed by atoms with van der Waals surface area (Å²) in [7, 11) is -3.48. The average molecular weight is 295 g/mol. The molecule has 0 aromatic heterocycles. The molecule has 2 unspecified atom stereocenters. The monoisotopic (exact) mass is 295 g/mol. The van der Waals surface area contributed by atoms with E-state index >= 15 is 0 Å². The molecule has 1 aliphatic heterocycles. The number of carbonyl (C=O) groups excluding carboxylic acids is 1. The molecule has 1 saturated carbocycles. The number of hydrogen-bond donors (Lipinski definition) is 1. The zero-order valence-electron chi connectivity index (χ0n) is 11.3. The molecule has 5 nitrogen and oxygen atoms in total. The first-order valence-corrected chi connectivity index (χ1v) is 8.18. The van der Waals surface area contributed by atoms with Gasteiger partial charge in [-0.2, -0.15) is 0 Å². The first-order chi connectivity index (χ1) is 9.43. The van der Waals surface area contributed by atoms with Gasteiger partial charge in [-0.05, 0) is 31.9 Å². The second kappa shape index (κ2) is 4.65. The minimum atomic E-state index is -3.48. The number of rotatable bonds is 5. The summed E-state index contributed by atoms with van der Waals surface area (Å²) in [6, 6.07) is 6.71. The van der Waals surface area contributed by atoms with E-state index in [-0.39, 0.29) is 22.4 Å². The van der Waals surface area contributed by atoms with Crippen molar-refractivity contribution >= 4 is 15.8 Å². The van der Waals surface area contributed by atoms with E-state index in [1.54, 1.807) is 24.3 Å². The number of fused-ring (bicyclic) bond motifs is 1. The van der Waals surface area contributed by atoms with E-state index in [0.717, 1.165) is 5.56 Å². The number of carbonyl (C=O) groups is 1. The Labute approximate surface area is 118 Å². The second-order valence-electron chi connectivity index (χ2n) is 5.49. The number of aryl methyl sites for hydroxylation is 1. The third-order valence-corrected chi connectivity index (χ3v) is 5.51. The van der Waals surface area contributed by atoms with Crippen LogP contribution in [0, 0.1) is 6.92 Å².